The number of fused-ring (bicyclic) bond motifs is 1. The molecule has 2 aromatic rings. The van der Waals surface area contributed by atoms with Crippen molar-refractivity contribution in [2.24, 2.45) is 0 Å². The normalized spacial score (nSPS) is 21.7. The number of imidazole rings is 1. The number of hydrogen-bond donors (Lipinski definition) is 1. The number of nitrogens with zero attached hydrogens (tertiary/aromatic N) is 3. The van der Waals surface area contributed by atoms with E-state index in [0.29, 0.717) is 12.6 Å². The number of hydrogen-bond acceptors (Lipinski definition) is 4. The van der Waals surface area contributed by atoms with Crippen molar-refractivity contribution in [2.45, 2.75) is 44.8 Å². The first-order valence-electron chi connectivity index (χ1n) is 9.41. The molecular weight excluding hydrogens is 316 g/mol. The van der Waals surface area contributed by atoms with Gasteiger partial charge >= 0.3 is 0 Å². The second-order valence-electron chi connectivity index (χ2n) is 6.97. The van der Waals surface area contributed by atoms with Crippen LogP contribution in [-0.4, -0.2) is 52.7 Å². The molecule has 4 rings (SSSR count). The van der Waals surface area contributed by atoms with Gasteiger partial charge in [0.05, 0.1) is 11.0 Å². The summed E-state index contributed by atoms with van der Waals surface area (Å²) < 4.78 is 7.63. The van der Waals surface area contributed by atoms with E-state index in [0.717, 1.165) is 37.0 Å². The van der Waals surface area contributed by atoms with Crippen molar-refractivity contribution in [1.82, 2.24) is 14.5 Å². The van der Waals surface area contributed by atoms with Gasteiger partial charge in [0.15, 0.2) is 0 Å². The van der Waals surface area contributed by atoms with Crippen LogP contribution in [0.5, 0.6) is 0 Å². The van der Waals surface area contributed by atoms with E-state index in [1.54, 1.807) is 0 Å². The maximum absolute atomic E-state index is 12.4. The maximum Gasteiger partial charge on any atom is 0.255 e. The number of benzene rings is 1. The fourth-order valence-electron chi connectivity index (χ4n) is 3.80. The molecule has 1 N–H and O–H groups in total. The van der Waals surface area contributed by atoms with E-state index in [1.165, 1.54) is 32.4 Å². The van der Waals surface area contributed by atoms with Crippen LogP contribution in [0, 0.1) is 0 Å². The van der Waals surface area contributed by atoms with Gasteiger partial charge in [0.2, 0.25) is 5.95 Å². The summed E-state index contributed by atoms with van der Waals surface area (Å²) in [6.07, 6.45) is 5.31. The lowest BCUT2D eigenvalue weighted by atomic mass is 10.1. The van der Waals surface area contributed by atoms with Crippen LogP contribution >= 0.6 is 0 Å². The van der Waals surface area contributed by atoms with E-state index in [1.807, 2.05) is 18.2 Å². The lowest BCUT2D eigenvalue weighted by Gasteiger charge is -2.26. The molecule has 2 aliphatic heterocycles. The average molecular weight is 342 g/mol. The van der Waals surface area contributed by atoms with Crippen molar-refractivity contribution in [3.8, 4) is 0 Å². The summed E-state index contributed by atoms with van der Waals surface area (Å²) in [5, 5.41) is 3.00. The maximum atomic E-state index is 12.4. The van der Waals surface area contributed by atoms with E-state index in [4.69, 9.17) is 4.74 Å². The van der Waals surface area contributed by atoms with Gasteiger partial charge in [-0.3, -0.25) is 10.1 Å². The molecular formula is C19H26N4O2. The Kier molecular flexibility index (Phi) is 4.99. The molecule has 1 aromatic heterocycles. The molecule has 3 heterocycles. The summed E-state index contributed by atoms with van der Waals surface area (Å²) in [5.41, 5.74) is 1.99. The van der Waals surface area contributed by atoms with Crippen LogP contribution in [-0.2, 0) is 16.1 Å². The summed E-state index contributed by atoms with van der Waals surface area (Å²) in [7, 11) is 0. The third kappa shape index (κ3) is 3.70. The topological polar surface area (TPSA) is 59.4 Å². The van der Waals surface area contributed by atoms with Crippen LogP contribution < -0.4 is 5.32 Å². The molecule has 134 valence electrons. The Hall–Kier alpha value is -1.92. The van der Waals surface area contributed by atoms with Crippen LogP contribution in [0.1, 0.15) is 32.1 Å². The smallest absolute Gasteiger partial charge is 0.255 e. The summed E-state index contributed by atoms with van der Waals surface area (Å²) in [6.45, 7) is 4.84. The van der Waals surface area contributed by atoms with Gasteiger partial charge in [0.25, 0.3) is 5.91 Å². The zero-order valence-corrected chi connectivity index (χ0v) is 14.6. The lowest BCUT2D eigenvalue weighted by Crippen LogP contribution is -2.33. The van der Waals surface area contributed by atoms with Crippen molar-refractivity contribution in [3.63, 3.8) is 0 Å². The Morgan fingerprint density at radius 3 is 2.80 bits per heavy atom. The van der Waals surface area contributed by atoms with Gasteiger partial charge in [-0.05, 0) is 50.9 Å². The highest BCUT2D eigenvalue weighted by molar-refractivity contribution is 5.94. The minimum Gasteiger partial charge on any atom is -0.368 e. The number of piperidine rings is 1. The van der Waals surface area contributed by atoms with Crippen molar-refractivity contribution < 1.29 is 9.53 Å². The minimum atomic E-state index is -0.338. The van der Waals surface area contributed by atoms with E-state index in [2.05, 4.69) is 25.8 Å². The average Bonchev–Trinajstić information content (AvgIpc) is 3.29. The molecule has 1 aromatic carbocycles. The molecule has 0 spiro atoms. The van der Waals surface area contributed by atoms with E-state index >= 15 is 0 Å². The summed E-state index contributed by atoms with van der Waals surface area (Å²) in [6, 6.07) is 8.07. The van der Waals surface area contributed by atoms with Crippen molar-refractivity contribution in [3.05, 3.63) is 24.3 Å². The van der Waals surface area contributed by atoms with Gasteiger partial charge in [-0.25, -0.2) is 4.98 Å². The number of para-hydroxylation sites is 2. The molecule has 0 unspecified atom stereocenters. The fraction of sp³-hybridized carbons (Fsp3) is 0.579. The number of carbonyl (C=O) groups excluding carboxylic acids is 1. The third-order valence-corrected chi connectivity index (χ3v) is 5.20. The highest BCUT2D eigenvalue weighted by Gasteiger charge is 2.25. The molecule has 2 saturated heterocycles. The Bertz CT molecular complexity index is 730. The largest absolute Gasteiger partial charge is 0.368 e. The number of carbonyl (C=O) groups is 1. The van der Waals surface area contributed by atoms with Crippen molar-refractivity contribution in [1.29, 1.82) is 0 Å². The van der Waals surface area contributed by atoms with Gasteiger partial charge < -0.3 is 14.2 Å². The first kappa shape index (κ1) is 16.5. The lowest BCUT2D eigenvalue weighted by molar-refractivity contribution is -0.124. The molecule has 0 bridgehead atoms. The number of anilines is 1. The molecule has 2 fully saturated rings. The van der Waals surface area contributed by atoms with Gasteiger partial charge in [-0.2, -0.15) is 0 Å². The van der Waals surface area contributed by atoms with Gasteiger partial charge in [0.1, 0.15) is 6.10 Å². The van der Waals surface area contributed by atoms with Crippen molar-refractivity contribution >= 4 is 22.9 Å². The Balaban J connectivity index is 1.53. The summed E-state index contributed by atoms with van der Waals surface area (Å²) >= 11 is 0. The van der Waals surface area contributed by atoms with E-state index in [9.17, 15) is 4.79 Å². The fourth-order valence-corrected chi connectivity index (χ4v) is 3.80. The standard InChI is InChI=1S/C19H26N4O2/c24-18(17-9-6-14-25-17)21-19-20-15-7-2-3-8-16(15)23(19)13-12-22-10-4-1-5-11-22/h2-3,7-8,17H,1,4-6,9-14H2,(H,20,21,24)/t17-/m1/s1. The number of nitrogens with one attached hydrogen (secondary N) is 1. The zero-order chi connectivity index (χ0) is 17.1. The summed E-state index contributed by atoms with van der Waals surface area (Å²) in [5.74, 6) is 0.561. The molecule has 1 amide bonds. The van der Waals surface area contributed by atoms with Gasteiger partial charge in [-0.1, -0.05) is 18.6 Å². The first-order valence-corrected chi connectivity index (χ1v) is 9.41. The van der Waals surface area contributed by atoms with E-state index in [-0.39, 0.29) is 12.0 Å². The first-order chi connectivity index (χ1) is 12.3. The predicted molar refractivity (Wildman–Crippen MR) is 97.6 cm³/mol. The van der Waals surface area contributed by atoms with Crippen LogP contribution in [0.15, 0.2) is 24.3 Å². The number of likely N-dealkylation sites (tertiary alicyclic amines) is 1. The third-order valence-electron chi connectivity index (χ3n) is 5.20. The van der Waals surface area contributed by atoms with Crippen LogP contribution in [0.3, 0.4) is 0 Å². The second kappa shape index (κ2) is 7.54. The van der Waals surface area contributed by atoms with Gasteiger partial charge in [0, 0.05) is 19.7 Å². The molecule has 6 nitrogen and oxygen atoms in total. The Morgan fingerprint density at radius 2 is 2.00 bits per heavy atom. The van der Waals surface area contributed by atoms with Crippen LogP contribution in [0.2, 0.25) is 0 Å². The van der Waals surface area contributed by atoms with Gasteiger partial charge in [-0.15, -0.1) is 0 Å². The highest BCUT2D eigenvalue weighted by atomic mass is 16.5. The molecule has 25 heavy (non-hydrogen) atoms. The molecule has 0 saturated carbocycles. The quantitative estimate of drug-likeness (QED) is 0.907. The molecule has 2 aliphatic rings. The highest BCUT2D eigenvalue weighted by Crippen LogP contribution is 2.21. The number of rotatable bonds is 5. The summed E-state index contributed by atoms with van der Waals surface area (Å²) in [4.78, 5) is 19.6. The Labute approximate surface area is 148 Å². The number of amides is 1. The Morgan fingerprint density at radius 1 is 1.16 bits per heavy atom. The number of aromatic nitrogens is 2. The van der Waals surface area contributed by atoms with Crippen LogP contribution in [0.4, 0.5) is 5.95 Å². The second-order valence-corrected chi connectivity index (χ2v) is 6.97. The minimum absolute atomic E-state index is 0.0768. The molecule has 0 aliphatic carbocycles. The molecule has 0 radical (unpaired) electrons. The molecule has 6 heteroatoms. The monoisotopic (exact) mass is 342 g/mol. The van der Waals surface area contributed by atoms with Crippen LogP contribution in [0.25, 0.3) is 11.0 Å². The van der Waals surface area contributed by atoms with Crippen molar-refractivity contribution in [2.75, 3.05) is 31.6 Å². The van der Waals surface area contributed by atoms with E-state index < -0.39 is 0 Å². The zero-order valence-electron chi connectivity index (χ0n) is 14.6. The predicted octanol–water partition coefficient (Wildman–Crippen LogP) is 2.64. The molecule has 1 atom stereocenters. The SMILES string of the molecule is O=C(Nc1nc2ccccc2n1CCN1CCCCC1)[C@H]1CCCO1. The number of ether oxygens (including phenoxy) is 1.